The number of nitro groups is 1. The lowest BCUT2D eigenvalue weighted by Crippen LogP contribution is -2.09. The number of nitrogens with zero attached hydrogens (tertiary/aromatic N) is 1. The molecule has 0 atom stereocenters. The monoisotopic (exact) mass is 194 g/mol. The van der Waals surface area contributed by atoms with Crippen molar-refractivity contribution in [2.75, 3.05) is 5.32 Å². The van der Waals surface area contributed by atoms with E-state index in [-0.39, 0.29) is 16.7 Å². The molecule has 1 aromatic carbocycles. The molecule has 0 aliphatic heterocycles. The van der Waals surface area contributed by atoms with Crippen LogP contribution in [-0.2, 0) is 0 Å². The van der Waals surface area contributed by atoms with Gasteiger partial charge < -0.3 is 5.32 Å². The van der Waals surface area contributed by atoms with Crippen molar-refractivity contribution in [3.8, 4) is 0 Å². The lowest BCUT2D eigenvalue weighted by Gasteiger charge is -2.10. The van der Waals surface area contributed by atoms with Gasteiger partial charge in [0.1, 0.15) is 0 Å². The minimum absolute atomic E-state index is 0.133. The number of aryl methyl sites for hydroxylation is 1. The summed E-state index contributed by atoms with van der Waals surface area (Å²) in [5, 5.41) is 13.7. The van der Waals surface area contributed by atoms with Gasteiger partial charge in [-0.1, -0.05) is 0 Å². The van der Waals surface area contributed by atoms with Gasteiger partial charge in [-0.2, -0.15) is 0 Å². The number of non-ortho nitro benzene ring substituents is 1. The number of anilines is 1. The van der Waals surface area contributed by atoms with Gasteiger partial charge in [-0.05, 0) is 32.4 Å². The fraction of sp³-hybridized carbons (Fsp3) is 0.400. The third kappa shape index (κ3) is 2.73. The molecule has 0 saturated carbocycles. The first-order valence-corrected chi connectivity index (χ1v) is 4.51. The predicted molar refractivity (Wildman–Crippen MR) is 56.6 cm³/mol. The minimum Gasteiger partial charge on any atom is -0.383 e. The third-order valence-electron chi connectivity index (χ3n) is 1.73. The molecule has 0 aromatic heterocycles. The summed E-state index contributed by atoms with van der Waals surface area (Å²) in [6.07, 6.45) is 0. The van der Waals surface area contributed by atoms with Crippen LogP contribution in [0.2, 0.25) is 0 Å². The number of nitrogens with one attached hydrogen (secondary N) is 1. The molecule has 76 valence electrons. The molecule has 0 saturated heterocycles. The van der Waals surface area contributed by atoms with Gasteiger partial charge in [-0.3, -0.25) is 10.1 Å². The Morgan fingerprint density at radius 3 is 2.50 bits per heavy atom. The highest BCUT2D eigenvalue weighted by atomic mass is 16.6. The van der Waals surface area contributed by atoms with Crippen molar-refractivity contribution in [1.82, 2.24) is 0 Å². The second-order valence-corrected chi connectivity index (χ2v) is 3.61. The third-order valence-corrected chi connectivity index (χ3v) is 1.73. The van der Waals surface area contributed by atoms with Crippen molar-refractivity contribution < 1.29 is 4.92 Å². The topological polar surface area (TPSA) is 55.2 Å². The van der Waals surface area contributed by atoms with Gasteiger partial charge in [-0.25, -0.2) is 0 Å². The highest BCUT2D eigenvalue weighted by Crippen LogP contribution is 2.20. The zero-order valence-electron chi connectivity index (χ0n) is 8.57. The number of hydrogen-bond acceptors (Lipinski definition) is 3. The first-order chi connectivity index (χ1) is 6.49. The average Bonchev–Trinajstić information content (AvgIpc) is 2.01. The van der Waals surface area contributed by atoms with Gasteiger partial charge in [-0.15, -0.1) is 0 Å². The molecule has 0 bridgehead atoms. The number of hydrogen-bond donors (Lipinski definition) is 1. The Balaban J connectivity index is 3.01. The first kappa shape index (κ1) is 10.5. The van der Waals surface area contributed by atoms with Gasteiger partial charge >= 0.3 is 0 Å². The molecule has 14 heavy (non-hydrogen) atoms. The summed E-state index contributed by atoms with van der Waals surface area (Å²) in [7, 11) is 0. The first-order valence-electron chi connectivity index (χ1n) is 4.51. The van der Waals surface area contributed by atoms with E-state index in [9.17, 15) is 10.1 Å². The summed E-state index contributed by atoms with van der Waals surface area (Å²) < 4.78 is 0. The molecule has 0 amide bonds. The standard InChI is InChI=1S/C10H14N2O2/c1-7(2)11-9-4-8(3)5-10(6-9)12(13)14/h4-7,11H,1-3H3. The van der Waals surface area contributed by atoms with Crippen LogP contribution in [0, 0.1) is 17.0 Å². The molecule has 0 fully saturated rings. The van der Waals surface area contributed by atoms with E-state index in [1.54, 1.807) is 12.1 Å². The molecule has 0 spiro atoms. The van der Waals surface area contributed by atoms with Crippen LogP contribution in [0.3, 0.4) is 0 Å². The summed E-state index contributed by atoms with van der Waals surface area (Å²) in [6.45, 7) is 5.83. The maximum Gasteiger partial charge on any atom is 0.271 e. The fourth-order valence-corrected chi connectivity index (χ4v) is 1.28. The lowest BCUT2D eigenvalue weighted by atomic mass is 10.2. The Morgan fingerprint density at radius 1 is 1.36 bits per heavy atom. The molecule has 4 nitrogen and oxygen atoms in total. The van der Waals surface area contributed by atoms with Gasteiger partial charge in [0, 0.05) is 23.9 Å². The molecule has 1 N–H and O–H groups in total. The van der Waals surface area contributed by atoms with E-state index in [4.69, 9.17) is 0 Å². The van der Waals surface area contributed by atoms with E-state index < -0.39 is 0 Å². The normalized spacial score (nSPS) is 10.3. The van der Waals surface area contributed by atoms with Crippen molar-refractivity contribution in [1.29, 1.82) is 0 Å². The summed E-state index contributed by atoms with van der Waals surface area (Å²) in [5.74, 6) is 0. The van der Waals surface area contributed by atoms with Crippen LogP contribution in [0.25, 0.3) is 0 Å². The van der Waals surface area contributed by atoms with E-state index in [0.717, 1.165) is 11.3 Å². The van der Waals surface area contributed by atoms with Crippen molar-refractivity contribution in [2.24, 2.45) is 0 Å². The number of nitro benzene ring substituents is 1. The van der Waals surface area contributed by atoms with Crippen LogP contribution >= 0.6 is 0 Å². The van der Waals surface area contributed by atoms with E-state index in [2.05, 4.69) is 5.32 Å². The van der Waals surface area contributed by atoms with Crippen molar-refractivity contribution in [2.45, 2.75) is 26.8 Å². The maximum atomic E-state index is 10.6. The molecular formula is C10H14N2O2. The maximum absolute atomic E-state index is 10.6. The summed E-state index contributed by atoms with van der Waals surface area (Å²) in [6, 6.07) is 5.28. The van der Waals surface area contributed by atoms with Crippen molar-refractivity contribution in [3.05, 3.63) is 33.9 Å². The highest BCUT2D eigenvalue weighted by Gasteiger charge is 2.07. The Bertz CT molecular complexity index is 348. The fourth-order valence-electron chi connectivity index (χ4n) is 1.28. The second-order valence-electron chi connectivity index (χ2n) is 3.61. The quantitative estimate of drug-likeness (QED) is 0.594. The summed E-state index contributed by atoms with van der Waals surface area (Å²) in [4.78, 5) is 10.2. The van der Waals surface area contributed by atoms with E-state index >= 15 is 0 Å². The van der Waals surface area contributed by atoms with Crippen LogP contribution in [0.5, 0.6) is 0 Å². The summed E-state index contributed by atoms with van der Waals surface area (Å²) >= 11 is 0. The van der Waals surface area contributed by atoms with Crippen LogP contribution < -0.4 is 5.32 Å². The molecular weight excluding hydrogens is 180 g/mol. The van der Waals surface area contributed by atoms with Crippen LogP contribution in [0.1, 0.15) is 19.4 Å². The van der Waals surface area contributed by atoms with Crippen molar-refractivity contribution >= 4 is 11.4 Å². The minimum atomic E-state index is -0.376. The molecule has 1 aromatic rings. The second kappa shape index (κ2) is 4.09. The Hall–Kier alpha value is -1.58. The van der Waals surface area contributed by atoms with Crippen LogP contribution in [0.15, 0.2) is 18.2 Å². The Labute approximate surface area is 83.1 Å². The zero-order chi connectivity index (χ0) is 10.7. The predicted octanol–water partition coefficient (Wildman–Crippen LogP) is 2.72. The zero-order valence-corrected chi connectivity index (χ0v) is 8.57. The van der Waals surface area contributed by atoms with Crippen molar-refractivity contribution in [3.63, 3.8) is 0 Å². The van der Waals surface area contributed by atoms with Gasteiger partial charge in [0.05, 0.1) is 4.92 Å². The van der Waals surface area contributed by atoms with Gasteiger partial charge in [0.2, 0.25) is 0 Å². The van der Waals surface area contributed by atoms with E-state index in [1.165, 1.54) is 0 Å². The molecule has 0 unspecified atom stereocenters. The SMILES string of the molecule is Cc1cc(NC(C)C)cc([N+](=O)[O-])c1. The van der Waals surface area contributed by atoms with Gasteiger partial charge in [0.25, 0.3) is 5.69 Å². The summed E-state index contributed by atoms with van der Waals surface area (Å²) in [5.41, 5.74) is 1.82. The average molecular weight is 194 g/mol. The molecule has 0 heterocycles. The number of rotatable bonds is 3. The van der Waals surface area contributed by atoms with E-state index in [0.29, 0.717) is 0 Å². The molecule has 0 aliphatic rings. The number of benzene rings is 1. The largest absolute Gasteiger partial charge is 0.383 e. The molecule has 0 aliphatic carbocycles. The highest BCUT2D eigenvalue weighted by molar-refractivity contribution is 5.54. The van der Waals surface area contributed by atoms with Gasteiger partial charge in [0.15, 0.2) is 0 Å². The lowest BCUT2D eigenvalue weighted by molar-refractivity contribution is -0.384. The smallest absolute Gasteiger partial charge is 0.271 e. The molecule has 0 radical (unpaired) electrons. The van der Waals surface area contributed by atoms with Crippen LogP contribution in [0.4, 0.5) is 11.4 Å². The Morgan fingerprint density at radius 2 is 2.00 bits per heavy atom. The molecule has 4 heteroatoms. The van der Waals surface area contributed by atoms with Crippen LogP contribution in [-0.4, -0.2) is 11.0 Å². The molecule has 1 rings (SSSR count). The van der Waals surface area contributed by atoms with E-state index in [1.807, 2.05) is 26.8 Å². The Kier molecular flexibility index (Phi) is 3.06.